The number of hydrogen-bond acceptors (Lipinski definition) is 6. The van der Waals surface area contributed by atoms with Gasteiger partial charge in [-0.25, -0.2) is 4.79 Å². The van der Waals surface area contributed by atoms with Crippen LogP contribution in [0.5, 0.6) is 0 Å². The topological polar surface area (TPSA) is 79.2 Å². The number of hydrogen-bond donors (Lipinski definition) is 1. The highest BCUT2D eigenvalue weighted by molar-refractivity contribution is 8.19. The zero-order valence-electron chi connectivity index (χ0n) is 15.0. The van der Waals surface area contributed by atoms with Crippen LogP contribution in [-0.4, -0.2) is 29.5 Å². The van der Waals surface area contributed by atoms with E-state index in [1.807, 2.05) is 41.7 Å². The fourth-order valence-electron chi connectivity index (χ4n) is 2.54. The first kappa shape index (κ1) is 20.6. The summed E-state index contributed by atoms with van der Waals surface area (Å²) < 4.78 is 5.68. The van der Waals surface area contributed by atoms with Crippen LogP contribution in [0.15, 0.2) is 42.5 Å². The molecule has 1 fully saturated rings. The molecule has 28 heavy (non-hydrogen) atoms. The summed E-state index contributed by atoms with van der Waals surface area (Å²) in [7, 11) is 0. The van der Waals surface area contributed by atoms with Gasteiger partial charge in [-0.3, -0.25) is 4.79 Å². The molecule has 1 saturated heterocycles. The number of rotatable bonds is 5. The highest BCUT2D eigenvalue weighted by Gasteiger charge is 2.21. The molecule has 144 valence electrons. The number of thioether (sulfide) groups is 2. The highest BCUT2D eigenvalue weighted by Crippen LogP contribution is 2.45. The van der Waals surface area contributed by atoms with E-state index in [1.54, 1.807) is 18.2 Å². The smallest absolute Gasteiger partial charge is 0.338 e. The van der Waals surface area contributed by atoms with Crippen LogP contribution in [-0.2, 0) is 9.53 Å². The standard InChI is InChI=1S/C20H17ClN2O3S2/c1-12(18(24)23-16-7-6-15(11-22)17(21)10-16)26-19(25)13-2-4-14(5-3-13)20-27-8-9-28-20/h2-7,10,12,20H,8-9H2,1H3,(H,23,24). The predicted molar refractivity (Wildman–Crippen MR) is 114 cm³/mol. The van der Waals surface area contributed by atoms with Crippen LogP contribution in [0.1, 0.15) is 33.0 Å². The van der Waals surface area contributed by atoms with Crippen molar-refractivity contribution in [3.05, 3.63) is 64.2 Å². The van der Waals surface area contributed by atoms with Crippen LogP contribution in [0.2, 0.25) is 5.02 Å². The van der Waals surface area contributed by atoms with Crippen LogP contribution in [0.4, 0.5) is 5.69 Å². The number of amides is 1. The average molecular weight is 433 g/mol. The van der Waals surface area contributed by atoms with E-state index in [2.05, 4.69) is 5.32 Å². The minimum atomic E-state index is -0.984. The Hall–Kier alpha value is -2.14. The molecule has 1 aliphatic heterocycles. The Kier molecular flexibility index (Phi) is 6.89. The lowest BCUT2D eigenvalue weighted by atomic mass is 10.1. The van der Waals surface area contributed by atoms with E-state index < -0.39 is 18.0 Å². The van der Waals surface area contributed by atoms with Crippen LogP contribution in [0.3, 0.4) is 0 Å². The normalized spacial score (nSPS) is 14.9. The zero-order valence-corrected chi connectivity index (χ0v) is 17.4. The van der Waals surface area contributed by atoms with Gasteiger partial charge in [0.05, 0.1) is 20.7 Å². The van der Waals surface area contributed by atoms with Crippen LogP contribution < -0.4 is 5.32 Å². The second-order valence-corrected chi connectivity index (χ2v) is 9.17. The number of benzene rings is 2. The molecule has 1 atom stereocenters. The number of halogens is 1. The molecule has 8 heteroatoms. The van der Waals surface area contributed by atoms with Gasteiger partial charge in [0.2, 0.25) is 0 Å². The van der Waals surface area contributed by atoms with Gasteiger partial charge in [-0.05, 0) is 42.8 Å². The van der Waals surface area contributed by atoms with E-state index in [4.69, 9.17) is 21.6 Å². The zero-order chi connectivity index (χ0) is 20.1. The molecular weight excluding hydrogens is 416 g/mol. The van der Waals surface area contributed by atoms with Crippen LogP contribution in [0.25, 0.3) is 0 Å². The second kappa shape index (κ2) is 9.37. The molecule has 1 aliphatic rings. The third-order valence-electron chi connectivity index (χ3n) is 4.05. The molecule has 1 amide bonds. The number of nitrogens with one attached hydrogen (secondary N) is 1. The van der Waals surface area contributed by atoms with Gasteiger partial charge >= 0.3 is 5.97 Å². The van der Waals surface area contributed by atoms with Crippen molar-refractivity contribution in [2.24, 2.45) is 0 Å². The van der Waals surface area contributed by atoms with Crippen molar-refractivity contribution in [1.82, 2.24) is 0 Å². The Morgan fingerprint density at radius 2 is 1.89 bits per heavy atom. The van der Waals surface area contributed by atoms with Crippen molar-refractivity contribution >= 4 is 52.7 Å². The van der Waals surface area contributed by atoms with E-state index in [0.29, 0.717) is 21.4 Å². The molecule has 2 aromatic carbocycles. The Bertz CT molecular complexity index is 922. The van der Waals surface area contributed by atoms with Crippen molar-refractivity contribution in [1.29, 1.82) is 5.26 Å². The Morgan fingerprint density at radius 3 is 2.50 bits per heavy atom. The van der Waals surface area contributed by atoms with Crippen molar-refractivity contribution in [3.63, 3.8) is 0 Å². The average Bonchev–Trinajstić information content (AvgIpc) is 3.23. The number of carbonyl (C=O) groups excluding carboxylic acids is 2. The first-order chi connectivity index (χ1) is 13.5. The van der Waals surface area contributed by atoms with Crippen LogP contribution >= 0.6 is 35.1 Å². The lowest BCUT2D eigenvalue weighted by molar-refractivity contribution is -0.123. The van der Waals surface area contributed by atoms with Crippen molar-refractivity contribution in [3.8, 4) is 6.07 Å². The van der Waals surface area contributed by atoms with Crippen molar-refractivity contribution in [2.45, 2.75) is 17.6 Å². The number of anilines is 1. The van der Waals surface area contributed by atoms with Gasteiger partial charge in [-0.2, -0.15) is 5.26 Å². The summed E-state index contributed by atoms with van der Waals surface area (Å²) in [6.45, 7) is 1.50. The lowest BCUT2D eigenvalue weighted by Crippen LogP contribution is -2.30. The first-order valence-corrected chi connectivity index (χ1v) is 11.0. The van der Waals surface area contributed by atoms with Gasteiger partial charge in [-0.15, -0.1) is 23.5 Å². The summed E-state index contributed by atoms with van der Waals surface area (Å²) in [5.41, 5.74) is 2.31. The molecule has 1 N–H and O–H groups in total. The monoisotopic (exact) mass is 432 g/mol. The molecule has 1 unspecified atom stereocenters. The third kappa shape index (κ3) is 5.02. The Balaban J connectivity index is 1.58. The van der Waals surface area contributed by atoms with E-state index in [1.165, 1.54) is 24.6 Å². The molecule has 2 aromatic rings. The van der Waals surface area contributed by atoms with Gasteiger partial charge in [0.25, 0.3) is 5.91 Å². The summed E-state index contributed by atoms with van der Waals surface area (Å²) in [4.78, 5) is 24.6. The summed E-state index contributed by atoms with van der Waals surface area (Å²) in [6.07, 6.45) is -0.984. The number of nitriles is 1. The fourth-order valence-corrected chi connectivity index (χ4v) is 5.62. The van der Waals surface area contributed by atoms with Gasteiger partial charge < -0.3 is 10.1 Å². The molecular formula is C20H17ClN2O3S2. The summed E-state index contributed by atoms with van der Waals surface area (Å²) in [5.74, 6) is 1.23. The summed E-state index contributed by atoms with van der Waals surface area (Å²) in [5, 5.41) is 11.7. The molecule has 0 spiro atoms. The SMILES string of the molecule is CC(OC(=O)c1ccc(C2SCCS2)cc1)C(=O)Nc1ccc(C#N)c(Cl)c1. The molecule has 0 bridgehead atoms. The first-order valence-electron chi connectivity index (χ1n) is 8.52. The maximum atomic E-state index is 12.3. The quantitative estimate of drug-likeness (QED) is 0.678. The van der Waals surface area contributed by atoms with E-state index in [-0.39, 0.29) is 5.02 Å². The van der Waals surface area contributed by atoms with Crippen LogP contribution in [0, 0.1) is 11.3 Å². The van der Waals surface area contributed by atoms with E-state index in [9.17, 15) is 9.59 Å². The number of nitrogens with zero attached hydrogens (tertiary/aromatic N) is 1. The maximum Gasteiger partial charge on any atom is 0.338 e. The summed E-state index contributed by atoms with van der Waals surface area (Å²) in [6, 6.07) is 13.8. The summed E-state index contributed by atoms with van der Waals surface area (Å²) >= 11 is 9.74. The Morgan fingerprint density at radius 1 is 1.21 bits per heavy atom. The number of ether oxygens (including phenoxy) is 1. The number of carbonyl (C=O) groups is 2. The highest BCUT2D eigenvalue weighted by atomic mass is 35.5. The number of esters is 1. The molecule has 0 aliphatic carbocycles. The lowest BCUT2D eigenvalue weighted by Gasteiger charge is -2.14. The molecule has 5 nitrogen and oxygen atoms in total. The van der Waals surface area contributed by atoms with Crippen molar-refractivity contribution in [2.75, 3.05) is 16.8 Å². The molecule has 1 heterocycles. The predicted octanol–water partition coefficient (Wildman–Crippen LogP) is 4.87. The molecule has 0 saturated carbocycles. The third-order valence-corrected chi connectivity index (χ3v) is 7.47. The van der Waals surface area contributed by atoms with Gasteiger partial charge in [0, 0.05) is 17.2 Å². The van der Waals surface area contributed by atoms with Gasteiger partial charge in [0.15, 0.2) is 6.10 Å². The van der Waals surface area contributed by atoms with E-state index >= 15 is 0 Å². The minimum absolute atomic E-state index is 0.239. The molecule has 0 radical (unpaired) electrons. The Labute approximate surface area is 176 Å². The van der Waals surface area contributed by atoms with E-state index in [0.717, 1.165) is 11.5 Å². The van der Waals surface area contributed by atoms with Gasteiger partial charge in [0.1, 0.15) is 6.07 Å². The molecule has 0 aromatic heterocycles. The van der Waals surface area contributed by atoms with Gasteiger partial charge in [-0.1, -0.05) is 23.7 Å². The fraction of sp³-hybridized carbons (Fsp3) is 0.250. The molecule has 3 rings (SSSR count). The van der Waals surface area contributed by atoms with Crippen molar-refractivity contribution < 1.29 is 14.3 Å². The maximum absolute atomic E-state index is 12.3. The minimum Gasteiger partial charge on any atom is -0.449 e. The largest absolute Gasteiger partial charge is 0.449 e. The second-order valence-electron chi connectivity index (χ2n) is 6.04.